The zero-order valence-corrected chi connectivity index (χ0v) is 22.6. The topological polar surface area (TPSA) is 82.5 Å². The molecule has 0 bridgehead atoms. The maximum absolute atomic E-state index is 14.5. The number of allylic oxidation sites excluding steroid dienone is 3. The van der Waals surface area contributed by atoms with Crippen molar-refractivity contribution >= 4 is 52.4 Å². The second-order valence-electron chi connectivity index (χ2n) is 9.35. The van der Waals surface area contributed by atoms with Crippen LogP contribution in [-0.4, -0.2) is 26.9 Å². The van der Waals surface area contributed by atoms with E-state index in [1.165, 1.54) is 18.2 Å². The first kappa shape index (κ1) is 28.0. The van der Waals surface area contributed by atoms with E-state index in [-0.39, 0.29) is 28.6 Å². The number of carbonyl (C=O) groups is 2. The molecule has 2 heterocycles. The van der Waals surface area contributed by atoms with Crippen LogP contribution >= 0.6 is 34.8 Å². The third-order valence-electron chi connectivity index (χ3n) is 7.25. The zero-order chi connectivity index (χ0) is 29.0. The van der Waals surface area contributed by atoms with Crippen molar-refractivity contribution in [2.45, 2.75) is 23.9 Å². The Labute approximate surface area is 241 Å². The molecule has 0 saturated carbocycles. The van der Waals surface area contributed by atoms with Gasteiger partial charge in [0.05, 0.1) is 21.9 Å². The Hall–Kier alpha value is -3.53. The number of aromatic hydroxyl groups is 1. The lowest BCUT2D eigenvalue weighted by molar-refractivity contribution is -0.139. The summed E-state index contributed by atoms with van der Waals surface area (Å²) in [7, 11) is 0. The normalized spacial score (nSPS) is 22.6. The summed E-state index contributed by atoms with van der Waals surface area (Å²) in [4.78, 5) is 32.1. The molecular weight excluding hydrogens is 590 g/mol. The van der Waals surface area contributed by atoms with Gasteiger partial charge >= 0.3 is 6.18 Å². The number of phenolic OH excluding ortho intramolecular Hbond substituents is 1. The minimum atomic E-state index is -4.69. The molecule has 206 valence electrons. The van der Waals surface area contributed by atoms with Gasteiger partial charge in [-0.05, 0) is 54.0 Å². The smallest absolute Gasteiger partial charge is 0.417 e. The van der Waals surface area contributed by atoms with Crippen LogP contribution < -0.4 is 5.43 Å². The van der Waals surface area contributed by atoms with Gasteiger partial charge in [-0.15, -0.1) is 0 Å². The highest BCUT2D eigenvalue weighted by Gasteiger charge is 2.66. The lowest BCUT2D eigenvalue weighted by Crippen LogP contribution is -2.48. The molecule has 1 fully saturated rings. The quantitative estimate of drug-likeness (QED) is 0.297. The summed E-state index contributed by atoms with van der Waals surface area (Å²) in [6, 6.07) is 11.4. The molecule has 2 N–H and O–H groups in total. The molecular formula is C28H19Cl3F3N3O3. The molecule has 12 heteroatoms. The molecule has 1 saturated heterocycles. The van der Waals surface area contributed by atoms with Crippen molar-refractivity contribution in [2.24, 2.45) is 5.92 Å². The number of nitrogens with zero attached hydrogens (tertiary/aromatic N) is 2. The minimum absolute atomic E-state index is 0.124. The second kappa shape index (κ2) is 10.1. The van der Waals surface area contributed by atoms with E-state index >= 15 is 0 Å². The summed E-state index contributed by atoms with van der Waals surface area (Å²) < 4.78 is 39.4. The van der Waals surface area contributed by atoms with Crippen LogP contribution in [0.2, 0.25) is 15.1 Å². The number of phenols is 1. The van der Waals surface area contributed by atoms with Crippen LogP contribution in [0.3, 0.4) is 0 Å². The Balaban J connectivity index is 1.71. The van der Waals surface area contributed by atoms with Crippen LogP contribution in [0.25, 0.3) is 0 Å². The summed E-state index contributed by atoms with van der Waals surface area (Å²) in [5.41, 5.74) is 1.09. The van der Waals surface area contributed by atoms with Gasteiger partial charge in [-0.1, -0.05) is 65.7 Å². The number of aromatic nitrogens is 1. The molecule has 0 radical (unpaired) electrons. The largest absolute Gasteiger partial charge is 0.508 e. The van der Waals surface area contributed by atoms with Crippen LogP contribution in [0.1, 0.15) is 29.0 Å². The summed E-state index contributed by atoms with van der Waals surface area (Å²) in [5, 5.41) is 11.9. The fourth-order valence-corrected chi connectivity index (χ4v) is 6.03. The van der Waals surface area contributed by atoms with Crippen molar-refractivity contribution in [3.8, 4) is 5.75 Å². The van der Waals surface area contributed by atoms with Crippen LogP contribution in [0.15, 0.2) is 79.0 Å². The van der Waals surface area contributed by atoms with Gasteiger partial charge in [0.15, 0.2) is 5.82 Å². The summed E-state index contributed by atoms with van der Waals surface area (Å²) in [6.45, 7) is 3.89. The van der Waals surface area contributed by atoms with Crippen molar-refractivity contribution in [2.75, 3.05) is 5.43 Å². The fraction of sp³-hybridized carbons (Fsp3) is 0.179. The standard InChI is InChI=1S/C28H19Cl3F3N3O3/c1-2-14-3-9-20-25(39)37(36-24-21(31)11-16(13-35-24)28(32,33)34)26(40)27(20,15-4-6-17(29)7-5-15)23(14)19-12-18(30)8-10-22(19)38/h2-8,10-13,20,23,38H,1,9H2,(H,35,36). The molecule has 40 heavy (non-hydrogen) atoms. The number of imide groups is 1. The number of hydrogen-bond acceptors (Lipinski definition) is 5. The number of hydrazine groups is 1. The van der Waals surface area contributed by atoms with E-state index in [9.17, 15) is 27.9 Å². The minimum Gasteiger partial charge on any atom is -0.508 e. The highest BCUT2D eigenvalue weighted by atomic mass is 35.5. The maximum atomic E-state index is 14.5. The predicted octanol–water partition coefficient (Wildman–Crippen LogP) is 7.32. The van der Waals surface area contributed by atoms with Crippen LogP contribution in [-0.2, 0) is 21.2 Å². The van der Waals surface area contributed by atoms with Gasteiger partial charge in [0.2, 0.25) is 0 Å². The lowest BCUT2D eigenvalue weighted by Gasteiger charge is -2.43. The molecule has 5 rings (SSSR count). The van der Waals surface area contributed by atoms with E-state index in [0.717, 1.165) is 5.01 Å². The van der Waals surface area contributed by atoms with Crippen molar-refractivity contribution in [1.29, 1.82) is 0 Å². The third kappa shape index (κ3) is 4.42. The van der Waals surface area contributed by atoms with Crippen molar-refractivity contribution < 1.29 is 27.9 Å². The van der Waals surface area contributed by atoms with Gasteiger partial charge in [0, 0.05) is 27.7 Å². The highest BCUT2D eigenvalue weighted by molar-refractivity contribution is 6.33. The van der Waals surface area contributed by atoms with Crippen LogP contribution in [0.5, 0.6) is 5.75 Å². The van der Waals surface area contributed by atoms with Gasteiger partial charge < -0.3 is 5.11 Å². The Kier molecular flexibility index (Phi) is 7.10. The van der Waals surface area contributed by atoms with E-state index < -0.39 is 45.8 Å². The molecule has 3 unspecified atom stereocenters. The number of fused-ring (bicyclic) bond motifs is 1. The van der Waals surface area contributed by atoms with Gasteiger partial charge in [-0.3, -0.25) is 15.0 Å². The first-order chi connectivity index (χ1) is 18.9. The Bertz CT molecular complexity index is 1580. The number of halogens is 6. The summed E-state index contributed by atoms with van der Waals surface area (Å²) >= 11 is 18.5. The van der Waals surface area contributed by atoms with Crippen LogP contribution in [0.4, 0.5) is 19.0 Å². The maximum Gasteiger partial charge on any atom is 0.417 e. The molecule has 2 aliphatic rings. The monoisotopic (exact) mass is 607 g/mol. The third-order valence-corrected chi connectivity index (χ3v) is 8.02. The Morgan fingerprint density at radius 3 is 2.38 bits per heavy atom. The molecule has 1 aromatic heterocycles. The molecule has 3 aromatic rings. The SMILES string of the molecule is C=CC1=CCC2C(=O)N(Nc3ncc(C(F)(F)F)cc3Cl)C(=O)C2(c2ccc(Cl)cc2)C1c1cc(Cl)ccc1O. The number of carbonyl (C=O) groups excluding carboxylic acids is 2. The number of pyridine rings is 1. The summed E-state index contributed by atoms with van der Waals surface area (Å²) in [5.74, 6) is -3.80. The van der Waals surface area contributed by atoms with Gasteiger partial charge in [0.1, 0.15) is 5.75 Å². The number of benzene rings is 2. The molecule has 2 aromatic carbocycles. The Morgan fingerprint density at radius 2 is 1.75 bits per heavy atom. The predicted molar refractivity (Wildman–Crippen MR) is 145 cm³/mol. The average molecular weight is 609 g/mol. The molecule has 1 aliphatic heterocycles. The number of nitrogens with one attached hydrogen (secondary N) is 1. The number of hydrogen-bond donors (Lipinski definition) is 2. The number of anilines is 1. The lowest BCUT2D eigenvalue weighted by atomic mass is 9.56. The van der Waals surface area contributed by atoms with E-state index in [1.807, 2.05) is 0 Å². The molecule has 1 aliphatic carbocycles. The van der Waals surface area contributed by atoms with Gasteiger partial charge in [0.25, 0.3) is 11.8 Å². The molecule has 2 amide bonds. The second-order valence-corrected chi connectivity index (χ2v) is 10.6. The number of amides is 2. The van der Waals surface area contributed by atoms with Crippen molar-refractivity contribution in [3.05, 3.63) is 111 Å². The summed E-state index contributed by atoms with van der Waals surface area (Å²) in [6.07, 6.45) is -0.721. The van der Waals surface area contributed by atoms with Gasteiger partial charge in [-0.2, -0.15) is 18.2 Å². The number of rotatable bonds is 5. The highest BCUT2D eigenvalue weighted by Crippen LogP contribution is 2.59. The van der Waals surface area contributed by atoms with E-state index in [2.05, 4.69) is 17.0 Å². The Morgan fingerprint density at radius 1 is 1.07 bits per heavy atom. The number of alkyl halides is 3. The first-order valence-electron chi connectivity index (χ1n) is 11.8. The molecule has 3 atom stereocenters. The van der Waals surface area contributed by atoms with Crippen molar-refractivity contribution in [3.63, 3.8) is 0 Å². The molecule has 6 nitrogen and oxygen atoms in total. The van der Waals surface area contributed by atoms with E-state index in [4.69, 9.17) is 34.8 Å². The van der Waals surface area contributed by atoms with E-state index in [0.29, 0.717) is 28.4 Å². The zero-order valence-electron chi connectivity index (χ0n) is 20.3. The molecule has 0 spiro atoms. The fourth-order valence-electron chi connectivity index (χ4n) is 5.52. The van der Waals surface area contributed by atoms with Gasteiger partial charge in [-0.25, -0.2) is 4.98 Å². The average Bonchev–Trinajstić information content (AvgIpc) is 3.12. The van der Waals surface area contributed by atoms with E-state index in [1.54, 1.807) is 36.4 Å². The van der Waals surface area contributed by atoms with Crippen molar-refractivity contribution in [1.82, 2.24) is 9.99 Å². The first-order valence-corrected chi connectivity index (χ1v) is 13.0. The van der Waals surface area contributed by atoms with Crippen LogP contribution in [0, 0.1) is 5.92 Å².